The fourth-order valence-electron chi connectivity index (χ4n) is 2.73. The van der Waals surface area contributed by atoms with Crippen molar-refractivity contribution in [2.24, 2.45) is 4.99 Å². The molecule has 152 valence electrons. The topological polar surface area (TPSA) is 71.8 Å². The van der Waals surface area contributed by atoms with Crippen molar-refractivity contribution >= 4 is 29.1 Å². The van der Waals surface area contributed by atoms with Gasteiger partial charge in [0.15, 0.2) is 5.76 Å². The third kappa shape index (κ3) is 4.24. The van der Waals surface area contributed by atoms with Crippen LogP contribution in [-0.2, 0) is 15.7 Å². The van der Waals surface area contributed by atoms with Gasteiger partial charge in [0, 0.05) is 5.56 Å². The van der Waals surface area contributed by atoms with E-state index in [4.69, 9.17) is 4.74 Å². The molecule has 1 N–H and O–H groups in total. The molecule has 0 aliphatic carbocycles. The third-order valence-electron chi connectivity index (χ3n) is 4.17. The Balaban J connectivity index is 1.93. The van der Waals surface area contributed by atoms with Crippen LogP contribution in [0.15, 0.2) is 46.3 Å². The number of aliphatic hydroxyl groups is 1. The minimum Gasteiger partial charge on any atom is -0.505 e. The second-order valence-corrected chi connectivity index (χ2v) is 7.25. The van der Waals surface area contributed by atoms with E-state index in [0.717, 1.165) is 12.1 Å². The van der Waals surface area contributed by atoms with Gasteiger partial charge < -0.3 is 9.84 Å². The molecule has 0 spiro atoms. The van der Waals surface area contributed by atoms with E-state index in [0.29, 0.717) is 26.9 Å². The first-order chi connectivity index (χ1) is 13.6. The monoisotopic (exact) mass is 422 g/mol. The van der Waals surface area contributed by atoms with E-state index < -0.39 is 17.7 Å². The number of ether oxygens (including phenoxy) is 1. The van der Waals surface area contributed by atoms with Crippen molar-refractivity contribution in [3.05, 3.63) is 57.4 Å². The number of carbonyl (C=O) groups excluding carboxylic acids is 1. The van der Waals surface area contributed by atoms with Crippen molar-refractivity contribution in [3.63, 3.8) is 0 Å². The van der Waals surface area contributed by atoms with Crippen molar-refractivity contribution < 1.29 is 27.8 Å². The Labute approximate surface area is 168 Å². The number of aromatic nitrogens is 1. The number of esters is 1. The van der Waals surface area contributed by atoms with Gasteiger partial charge in [0.1, 0.15) is 16.3 Å². The number of thiazole rings is 1. The van der Waals surface area contributed by atoms with Crippen molar-refractivity contribution in [2.45, 2.75) is 26.9 Å². The van der Waals surface area contributed by atoms with Crippen LogP contribution in [0.5, 0.6) is 0 Å². The number of nitrogens with zero attached hydrogens (tertiary/aromatic N) is 2. The highest BCUT2D eigenvalue weighted by Gasteiger charge is 2.30. The molecule has 2 heterocycles. The molecule has 0 unspecified atom stereocenters. The van der Waals surface area contributed by atoms with Crippen LogP contribution in [0.3, 0.4) is 0 Å². The zero-order valence-corrected chi connectivity index (χ0v) is 16.6. The molecular weight excluding hydrogens is 405 g/mol. The lowest BCUT2D eigenvalue weighted by atomic mass is 10.1. The summed E-state index contributed by atoms with van der Waals surface area (Å²) in [5.74, 6) is -0.925. The van der Waals surface area contributed by atoms with Gasteiger partial charge in [0.05, 0.1) is 28.5 Å². The molecule has 0 saturated carbocycles. The molecule has 9 heteroatoms. The van der Waals surface area contributed by atoms with E-state index in [9.17, 15) is 23.1 Å². The second kappa shape index (κ2) is 7.82. The maximum Gasteiger partial charge on any atom is 0.416 e. The highest BCUT2D eigenvalue weighted by atomic mass is 32.1. The minimum absolute atomic E-state index is 0.0169. The van der Waals surface area contributed by atoms with Gasteiger partial charge in [-0.3, -0.25) is 0 Å². The van der Waals surface area contributed by atoms with Gasteiger partial charge in [0.25, 0.3) is 0 Å². The Morgan fingerprint density at radius 3 is 2.48 bits per heavy atom. The standard InChI is InChI=1S/C20H17F3N2O3S/c1-4-28-19(27)16-11(3)24-14(17(16)26)9-15-10(2)25-18(29-15)12-5-7-13(8-6-12)20(21,22)23/h5-9,26H,4H2,1-3H3/b14-9+. The van der Waals surface area contributed by atoms with E-state index >= 15 is 0 Å². The Morgan fingerprint density at radius 2 is 1.90 bits per heavy atom. The smallest absolute Gasteiger partial charge is 0.416 e. The number of hydrogen-bond acceptors (Lipinski definition) is 6. The molecule has 0 atom stereocenters. The number of aliphatic hydroxyl groups excluding tert-OH is 1. The lowest BCUT2D eigenvalue weighted by Crippen LogP contribution is -2.13. The van der Waals surface area contributed by atoms with E-state index in [-0.39, 0.29) is 23.6 Å². The fourth-order valence-corrected chi connectivity index (χ4v) is 3.74. The summed E-state index contributed by atoms with van der Waals surface area (Å²) in [6.07, 6.45) is -2.81. The van der Waals surface area contributed by atoms with E-state index in [1.807, 2.05) is 0 Å². The zero-order chi connectivity index (χ0) is 21.3. The van der Waals surface area contributed by atoms with Crippen LogP contribution in [0.25, 0.3) is 16.6 Å². The lowest BCUT2D eigenvalue weighted by molar-refractivity contribution is -0.138. The molecule has 0 amide bonds. The highest BCUT2D eigenvalue weighted by Crippen LogP contribution is 2.35. The van der Waals surface area contributed by atoms with Crippen LogP contribution in [0.1, 0.15) is 30.0 Å². The Morgan fingerprint density at radius 1 is 1.24 bits per heavy atom. The molecule has 2 aromatic rings. The highest BCUT2D eigenvalue weighted by molar-refractivity contribution is 7.16. The summed E-state index contributed by atoms with van der Waals surface area (Å²) in [5.41, 5.74) is 1.02. The van der Waals surface area contributed by atoms with Gasteiger partial charge in [-0.1, -0.05) is 12.1 Å². The summed E-state index contributed by atoms with van der Waals surface area (Å²) in [6, 6.07) is 4.75. The number of rotatable bonds is 4. The molecule has 1 aromatic carbocycles. The first kappa shape index (κ1) is 20.8. The summed E-state index contributed by atoms with van der Waals surface area (Å²) in [5, 5.41) is 10.9. The van der Waals surface area contributed by atoms with Crippen molar-refractivity contribution in [2.75, 3.05) is 6.61 Å². The molecule has 1 aliphatic rings. The number of alkyl halides is 3. The lowest BCUT2D eigenvalue weighted by Gasteiger charge is -2.06. The number of benzene rings is 1. The maximum atomic E-state index is 12.7. The Hall–Kier alpha value is -2.94. The van der Waals surface area contributed by atoms with Crippen LogP contribution in [-0.4, -0.2) is 28.4 Å². The number of hydrogen-bond donors (Lipinski definition) is 1. The average molecular weight is 422 g/mol. The summed E-state index contributed by atoms with van der Waals surface area (Å²) >= 11 is 1.25. The molecule has 0 radical (unpaired) electrons. The number of halogens is 3. The molecule has 3 rings (SSSR count). The minimum atomic E-state index is -4.40. The predicted octanol–water partition coefficient (Wildman–Crippen LogP) is 5.33. The Bertz CT molecular complexity index is 1050. The van der Waals surface area contributed by atoms with E-state index in [2.05, 4.69) is 9.98 Å². The number of aryl methyl sites for hydroxylation is 1. The quantitative estimate of drug-likeness (QED) is 0.676. The van der Waals surface area contributed by atoms with Crippen LogP contribution in [0, 0.1) is 6.92 Å². The first-order valence-electron chi connectivity index (χ1n) is 8.65. The molecular formula is C20H17F3N2O3S. The Kier molecular flexibility index (Phi) is 5.61. The molecule has 29 heavy (non-hydrogen) atoms. The largest absolute Gasteiger partial charge is 0.505 e. The molecule has 0 saturated heterocycles. The van der Waals surface area contributed by atoms with Gasteiger partial charge in [-0.15, -0.1) is 11.3 Å². The normalized spacial score (nSPS) is 15.8. The summed E-state index contributed by atoms with van der Waals surface area (Å²) < 4.78 is 43.1. The van der Waals surface area contributed by atoms with Gasteiger partial charge in [-0.2, -0.15) is 13.2 Å². The van der Waals surface area contributed by atoms with Crippen molar-refractivity contribution in [1.29, 1.82) is 0 Å². The average Bonchev–Trinajstić information content (AvgIpc) is 3.14. The van der Waals surface area contributed by atoms with Gasteiger partial charge >= 0.3 is 12.1 Å². The number of aliphatic imine (C=N–C) groups is 1. The second-order valence-electron chi connectivity index (χ2n) is 6.21. The molecule has 5 nitrogen and oxygen atoms in total. The summed E-state index contributed by atoms with van der Waals surface area (Å²) in [6.45, 7) is 5.18. The summed E-state index contributed by atoms with van der Waals surface area (Å²) in [7, 11) is 0. The van der Waals surface area contributed by atoms with Gasteiger partial charge in [-0.25, -0.2) is 14.8 Å². The summed E-state index contributed by atoms with van der Waals surface area (Å²) in [4.78, 5) is 21.3. The maximum absolute atomic E-state index is 12.7. The van der Waals surface area contributed by atoms with Crippen LogP contribution >= 0.6 is 11.3 Å². The van der Waals surface area contributed by atoms with Crippen molar-refractivity contribution in [1.82, 2.24) is 4.98 Å². The van der Waals surface area contributed by atoms with Crippen LogP contribution < -0.4 is 0 Å². The van der Waals surface area contributed by atoms with E-state index in [1.165, 1.54) is 23.5 Å². The number of carbonyl (C=O) groups is 1. The third-order valence-corrected chi connectivity index (χ3v) is 5.32. The fraction of sp³-hybridized carbons (Fsp3) is 0.250. The molecule has 0 bridgehead atoms. The van der Waals surface area contributed by atoms with Crippen molar-refractivity contribution in [3.8, 4) is 10.6 Å². The van der Waals surface area contributed by atoms with Gasteiger partial charge in [0.2, 0.25) is 0 Å². The molecule has 0 fully saturated rings. The SMILES string of the molecule is CCOC(=O)C1=C(O)/C(=C\c2sc(-c3ccc(C(F)(F)F)cc3)nc2C)N=C1C. The van der Waals surface area contributed by atoms with Gasteiger partial charge in [-0.05, 0) is 39.0 Å². The van der Waals surface area contributed by atoms with Crippen LogP contribution in [0.2, 0.25) is 0 Å². The first-order valence-corrected chi connectivity index (χ1v) is 9.46. The predicted molar refractivity (Wildman–Crippen MR) is 105 cm³/mol. The molecule has 1 aliphatic heterocycles. The molecule has 1 aromatic heterocycles. The zero-order valence-electron chi connectivity index (χ0n) is 15.8. The van der Waals surface area contributed by atoms with E-state index in [1.54, 1.807) is 26.8 Å². The van der Waals surface area contributed by atoms with Crippen LogP contribution in [0.4, 0.5) is 13.2 Å².